The molecule has 2 aromatic rings. The number of aromatic nitrogens is 1. The van der Waals surface area contributed by atoms with Gasteiger partial charge in [0.2, 0.25) is 10.0 Å². The van der Waals surface area contributed by atoms with Crippen molar-refractivity contribution in [3.05, 3.63) is 53.9 Å². The molecule has 40 heavy (non-hydrogen) atoms. The van der Waals surface area contributed by atoms with Crippen LogP contribution < -0.4 is 9.46 Å². The Bertz CT molecular complexity index is 1200. The first kappa shape index (κ1) is 31.8. The highest BCUT2D eigenvalue weighted by Crippen LogP contribution is 2.29. The maximum Gasteiger partial charge on any atom is 0.258 e. The number of hydrogen-bond acceptors (Lipinski definition) is 8. The second-order valence-electron chi connectivity index (χ2n) is 10.9. The molecular weight excluding hydrogens is 532 g/mol. The number of rotatable bonds is 8. The molecule has 11 heteroatoms. The largest absolute Gasteiger partial charge is 0.490 e. The van der Waals surface area contributed by atoms with Gasteiger partial charge in [-0.15, -0.1) is 0 Å². The monoisotopic (exact) mass is 576 g/mol. The second kappa shape index (κ2) is 14.8. The van der Waals surface area contributed by atoms with Crippen molar-refractivity contribution in [3.8, 4) is 5.75 Å². The molecule has 4 atom stereocenters. The molecule has 10 nitrogen and oxygen atoms in total. The SMILES string of the molecule is C[C@@H]1CCCCO[C@H](CN(C)Cc2ccncc2)[C@H](C)CN([C@H](C)CO)C(=O)c2cc(NS(C)(=O)=O)ccc2O1. The van der Waals surface area contributed by atoms with Crippen LogP contribution in [0.5, 0.6) is 5.75 Å². The fourth-order valence-electron chi connectivity index (χ4n) is 4.83. The zero-order valence-corrected chi connectivity index (χ0v) is 25.1. The Kier molecular flexibility index (Phi) is 11.7. The van der Waals surface area contributed by atoms with Gasteiger partial charge in [0.25, 0.3) is 5.91 Å². The van der Waals surface area contributed by atoms with Gasteiger partial charge in [0.1, 0.15) is 5.75 Å². The van der Waals surface area contributed by atoms with Gasteiger partial charge in [-0.3, -0.25) is 19.4 Å². The highest BCUT2D eigenvalue weighted by Gasteiger charge is 2.30. The standard InChI is InChI=1S/C29H44N4O6S/c1-21-17-33(22(2)20-34)29(35)26-16-25(31-40(5,36)37)9-10-27(26)39-23(3)8-6-7-15-38-28(21)19-32(4)18-24-11-13-30-14-12-24/h9-14,16,21-23,28,31,34H,6-8,15,17-20H2,1-5H3/t21-,22-,23-,28-/m1/s1. The number of nitrogens with one attached hydrogen (secondary N) is 1. The van der Waals surface area contributed by atoms with Crippen LogP contribution in [0.1, 0.15) is 56.0 Å². The number of likely N-dealkylation sites (N-methyl/N-ethyl adjacent to an activating group) is 1. The number of hydrogen-bond donors (Lipinski definition) is 2. The predicted molar refractivity (Wildman–Crippen MR) is 156 cm³/mol. The van der Waals surface area contributed by atoms with E-state index in [4.69, 9.17) is 9.47 Å². The number of amides is 1. The molecule has 0 aliphatic carbocycles. The molecule has 1 aromatic heterocycles. The van der Waals surface area contributed by atoms with Crippen LogP contribution >= 0.6 is 0 Å². The van der Waals surface area contributed by atoms with Gasteiger partial charge in [-0.2, -0.15) is 0 Å². The van der Waals surface area contributed by atoms with Crippen LogP contribution in [0.4, 0.5) is 5.69 Å². The summed E-state index contributed by atoms with van der Waals surface area (Å²) in [6, 6.07) is 8.24. The zero-order chi connectivity index (χ0) is 29.3. The molecule has 0 spiro atoms. The fourth-order valence-corrected chi connectivity index (χ4v) is 5.39. The van der Waals surface area contributed by atoms with Crippen molar-refractivity contribution in [2.75, 3.05) is 44.3 Å². The van der Waals surface area contributed by atoms with E-state index in [1.54, 1.807) is 36.4 Å². The third-order valence-corrected chi connectivity index (χ3v) is 7.65. The number of carbonyl (C=O) groups is 1. The van der Waals surface area contributed by atoms with Crippen molar-refractivity contribution in [1.82, 2.24) is 14.8 Å². The fraction of sp³-hybridized carbons (Fsp3) is 0.586. The van der Waals surface area contributed by atoms with E-state index in [0.717, 1.165) is 37.6 Å². The number of ether oxygens (including phenoxy) is 2. The summed E-state index contributed by atoms with van der Waals surface area (Å²) in [7, 11) is -1.50. The number of carbonyl (C=O) groups excluding carboxylic acids is 1. The van der Waals surface area contributed by atoms with Gasteiger partial charge in [-0.1, -0.05) is 6.92 Å². The Morgan fingerprint density at radius 1 is 1.20 bits per heavy atom. The molecule has 0 unspecified atom stereocenters. The molecule has 0 saturated heterocycles. The van der Waals surface area contributed by atoms with Crippen LogP contribution in [0, 0.1) is 5.92 Å². The molecule has 222 valence electrons. The zero-order valence-electron chi connectivity index (χ0n) is 24.2. The summed E-state index contributed by atoms with van der Waals surface area (Å²) in [5, 5.41) is 10.1. The van der Waals surface area contributed by atoms with Crippen LogP contribution in [-0.2, 0) is 21.3 Å². The van der Waals surface area contributed by atoms with E-state index < -0.39 is 16.1 Å². The summed E-state index contributed by atoms with van der Waals surface area (Å²) in [5.74, 6) is -0.00334. The maximum absolute atomic E-state index is 14.0. The van der Waals surface area contributed by atoms with Crippen molar-refractivity contribution in [2.24, 2.45) is 5.92 Å². The van der Waals surface area contributed by atoms with Gasteiger partial charge in [0.05, 0.1) is 36.7 Å². The number of benzene rings is 1. The first-order valence-corrected chi connectivity index (χ1v) is 15.7. The Morgan fingerprint density at radius 3 is 2.60 bits per heavy atom. The highest BCUT2D eigenvalue weighted by molar-refractivity contribution is 7.92. The number of aliphatic hydroxyl groups excluding tert-OH is 1. The lowest BCUT2D eigenvalue weighted by atomic mass is 10.0. The lowest BCUT2D eigenvalue weighted by Gasteiger charge is -2.36. The summed E-state index contributed by atoms with van der Waals surface area (Å²) in [5.41, 5.74) is 1.67. The molecule has 1 aromatic carbocycles. The molecule has 0 radical (unpaired) electrons. The first-order chi connectivity index (χ1) is 19.0. The van der Waals surface area contributed by atoms with Crippen molar-refractivity contribution in [1.29, 1.82) is 0 Å². The predicted octanol–water partition coefficient (Wildman–Crippen LogP) is 3.38. The highest BCUT2D eigenvalue weighted by atomic mass is 32.2. The van der Waals surface area contributed by atoms with Crippen LogP contribution in [0.25, 0.3) is 0 Å². The lowest BCUT2D eigenvalue weighted by molar-refractivity contribution is -0.0177. The Morgan fingerprint density at radius 2 is 1.93 bits per heavy atom. The van der Waals surface area contributed by atoms with Gasteiger partial charge in [0.15, 0.2) is 0 Å². The molecule has 1 amide bonds. The smallest absolute Gasteiger partial charge is 0.258 e. The average molecular weight is 577 g/mol. The molecule has 0 fully saturated rings. The first-order valence-electron chi connectivity index (χ1n) is 13.9. The van der Waals surface area contributed by atoms with Crippen LogP contribution in [0.15, 0.2) is 42.7 Å². The number of nitrogens with zero attached hydrogens (tertiary/aromatic N) is 3. The summed E-state index contributed by atoms with van der Waals surface area (Å²) < 4.78 is 38.8. The number of fused-ring (bicyclic) bond motifs is 1. The Hall–Kier alpha value is -2.73. The van der Waals surface area contributed by atoms with E-state index in [0.29, 0.717) is 25.4 Å². The molecule has 1 aliphatic heterocycles. The van der Waals surface area contributed by atoms with Crippen LogP contribution in [-0.4, -0.2) is 92.1 Å². The summed E-state index contributed by atoms with van der Waals surface area (Å²) in [6.45, 7) is 7.93. The number of aliphatic hydroxyl groups is 1. The van der Waals surface area contributed by atoms with E-state index in [9.17, 15) is 18.3 Å². The third kappa shape index (κ3) is 9.72. The van der Waals surface area contributed by atoms with Crippen molar-refractivity contribution in [2.45, 2.75) is 64.8 Å². The van der Waals surface area contributed by atoms with E-state index in [1.807, 2.05) is 26.1 Å². The topological polar surface area (TPSA) is 121 Å². The van der Waals surface area contributed by atoms with Crippen LogP contribution in [0.2, 0.25) is 0 Å². The summed E-state index contributed by atoms with van der Waals surface area (Å²) >= 11 is 0. The normalized spacial score (nSPS) is 22.2. The number of pyridine rings is 1. The van der Waals surface area contributed by atoms with Gasteiger partial charge in [-0.05, 0) is 76.1 Å². The molecule has 2 heterocycles. The molecule has 0 bridgehead atoms. The third-order valence-electron chi connectivity index (χ3n) is 7.05. The lowest BCUT2D eigenvalue weighted by Crippen LogP contribution is -2.47. The van der Waals surface area contributed by atoms with E-state index in [1.165, 1.54) is 6.07 Å². The Labute approximate surface area is 238 Å². The van der Waals surface area contributed by atoms with E-state index >= 15 is 0 Å². The maximum atomic E-state index is 14.0. The number of anilines is 1. The van der Waals surface area contributed by atoms with Gasteiger partial charge in [0, 0.05) is 50.2 Å². The minimum atomic E-state index is -3.55. The van der Waals surface area contributed by atoms with E-state index in [-0.39, 0.29) is 41.9 Å². The molecular formula is C29H44N4O6S. The van der Waals surface area contributed by atoms with E-state index in [2.05, 4.69) is 21.5 Å². The van der Waals surface area contributed by atoms with Crippen LogP contribution in [0.3, 0.4) is 0 Å². The Balaban J connectivity index is 1.92. The minimum Gasteiger partial charge on any atom is -0.490 e. The second-order valence-corrected chi connectivity index (χ2v) is 12.7. The molecule has 1 aliphatic rings. The molecule has 2 N–H and O–H groups in total. The van der Waals surface area contributed by atoms with Crippen molar-refractivity contribution >= 4 is 21.6 Å². The molecule has 3 rings (SSSR count). The quantitative estimate of drug-likeness (QED) is 0.491. The van der Waals surface area contributed by atoms with Gasteiger partial charge < -0.3 is 19.5 Å². The summed E-state index contributed by atoms with van der Waals surface area (Å²) in [4.78, 5) is 22.0. The summed E-state index contributed by atoms with van der Waals surface area (Å²) in [6.07, 6.45) is 6.87. The van der Waals surface area contributed by atoms with Gasteiger partial charge in [-0.25, -0.2) is 8.42 Å². The minimum absolute atomic E-state index is 0.0543. The van der Waals surface area contributed by atoms with Crippen molar-refractivity contribution < 1.29 is 27.8 Å². The molecule has 0 saturated carbocycles. The average Bonchev–Trinajstić information content (AvgIpc) is 2.90. The van der Waals surface area contributed by atoms with Crippen molar-refractivity contribution in [3.63, 3.8) is 0 Å². The van der Waals surface area contributed by atoms with Gasteiger partial charge >= 0.3 is 0 Å². The number of sulfonamides is 1.